The average Bonchev–Trinajstić information content (AvgIpc) is 3.11. The Balaban J connectivity index is 1.49. The molecule has 1 aromatic heterocycles. The average molecular weight is 331 g/mol. The van der Waals surface area contributed by atoms with Gasteiger partial charge < -0.3 is 9.84 Å². The number of likely N-dealkylation sites (tertiary alicyclic amines) is 1. The summed E-state index contributed by atoms with van der Waals surface area (Å²) in [5.41, 5.74) is 2.88. The molecule has 2 heterocycles. The molecule has 0 spiro atoms. The van der Waals surface area contributed by atoms with E-state index in [0.29, 0.717) is 0 Å². The SMILES string of the molecule is Cc1noc(C)c1CN1CCC(NC(=O)Cc2ccc(F)cc2)C1. The molecular weight excluding hydrogens is 309 g/mol. The maximum Gasteiger partial charge on any atom is 0.224 e. The lowest BCUT2D eigenvalue weighted by Gasteiger charge is -2.16. The molecular formula is C18H22FN3O2. The summed E-state index contributed by atoms with van der Waals surface area (Å²) in [4.78, 5) is 14.4. The van der Waals surface area contributed by atoms with Crippen molar-refractivity contribution in [3.05, 3.63) is 52.7 Å². The molecule has 5 nitrogen and oxygen atoms in total. The molecule has 1 N–H and O–H groups in total. The van der Waals surface area contributed by atoms with Gasteiger partial charge in [-0.2, -0.15) is 0 Å². The fraction of sp³-hybridized carbons (Fsp3) is 0.444. The largest absolute Gasteiger partial charge is 0.361 e. The second kappa shape index (κ2) is 7.13. The third-order valence-corrected chi connectivity index (χ3v) is 4.48. The molecule has 2 aromatic rings. The van der Waals surface area contributed by atoms with E-state index in [1.54, 1.807) is 12.1 Å². The van der Waals surface area contributed by atoms with Crippen molar-refractivity contribution < 1.29 is 13.7 Å². The van der Waals surface area contributed by atoms with E-state index in [-0.39, 0.29) is 24.2 Å². The molecule has 128 valence electrons. The summed E-state index contributed by atoms with van der Waals surface area (Å²) in [6.45, 7) is 6.42. The normalized spacial score (nSPS) is 18.0. The number of aromatic nitrogens is 1. The van der Waals surface area contributed by atoms with Crippen LogP contribution in [0.3, 0.4) is 0 Å². The predicted molar refractivity (Wildman–Crippen MR) is 87.9 cm³/mol. The lowest BCUT2D eigenvalue weighted by atomic mass is 10.1. The van der Waals surface area contributed by atoms with Crippen molar-refractivity contribution in [3.63, 3.8) is 0 Å². The molecule has 6 heteroatoms. The van der Waals surface area contributed by atoms with Crippen LogP contribution in [-0.2, 0) is 17.8 Å². The molecule has 0 saturated carbocycles. The summed E-state index contributed by atoms with van der Waals surface area (Å²) < 4.78 is 18.1. The van der Waals surface area contributed by atoms with Crippen molar-refractivity contribution >= 4 is 5.91 Å². The molecule has 1 atom stereocenters. The minimum Gasteiger partial charge on any atom is -0.361 e. The maximum absolute atomic E-state index is 12.9. The lowest BCUT2D eigenvalue weighted by molar-refractivity contribution is -0.121. The predicted octanol–water partition coefficient (Wildman–Crippen LogP) is 2.36. The molecule has 0 bridgehead atoms. The summed E-state index contributed by atoms with van der Waals surface area (Å²) in [5, 5.41) is 7.05. The van der Waals surface area contributed by atoms with Crippen LogP contribution in [0.5, 0.6) is 0 Å². The first kappa shape index (κ1) is 16.6. The summed E-state index contributed by atoms with van der Waals surface area (Å²) in [5.74, 6) is 0.548. The number of nitrogens with one attached hydrogen (secondary N) is 1. The number of carbonyl (C=O) groups is 1. The molecule has 1 aliphatic heterocycles. The quantitative estimate of drug-likeness (QED) is 0.914. The van der Waals surface area contributed by atoms with E-state index in [1.165, 1.54) is 12.1 Å². The summed E-state index contributed by atoms with van der Waals surface area (Å²) >= 11 is 0. The summed E-state index contributed by atoms with van der Waals surface area (Å²) in [6.07, 6.45) is 1.21. The second-order valence-electron chi connectivity index (χ2n) is 6.39. The monoisotopic (exact) mass is 331 g/mol. The Hall–Kier alpha value is -2.21. The van der Waals surface area contributed by atoms with Crippen molar-refractivity contribution in [2.75, 3.05) is 13.1 Å². The molecule has 1 amide bonds. The molecule has 1 aliphatic rings. The van der Waals surface area contributed by atoms with Gasteiger partial charge in [0.05, 0.1) is 12.1 Å². The number of nitrogens with zero attached hydrogens (tertiary/aromatic N) is 2. The van der Waals surface area contributed by atoms with Crippen LogP contribution in [0.1, 0.15) is 29.0 Å². The van der Waals surface area contributed by atoms with Crippen LogP contribution < -0.4 is 5.32 Å². The number of aryl methyl sites for hydroxylation is 2. The summed E-state index contributed by atoms with van der Waals surface area (Å²) in [6, 6.07) is 6.20. The van der Waals surface area contributed by atoms with Gasteiger partial charge in [-0.25, -0.2) is 4.39 Å². The van der Waals surface area contributed by atoms with Gasteiger partial charge in [-0.3, -0.25) is 9.69 Å². The highest BCUT2D eigenvalue weighted by molar-refractivity contribution is 5.78. The van der Waals surface area contributed by atoms with Gasteiger partial charge in [0.15, 0.2) is 0 Å². The number of hydrogen-bond donors (Lipinski definition) is 1. The third kappa shape index (κ3) is 4.00. The van der Waals surface area contributed by atoms with Crippen LogP contribution in [-0.4, -0.2) is 35.1 Å². The minimum absolute atomic E-state index is 0.0224. The second-order valence-corrected chi connectivity index (χ2v) is 6.39. The maximum atomic E-state index is 12.9. The molecule has 1 unspecified atom stereocenters. The van der Waals surface area contributed by atoms with E-state index in [0.717, 1.165) is 48.6 Å². The van der Waals surface area contributed by atoms with Crippen LogP contribution >= 0.6 is 0 Å². The Morgan fingerprint density at radius 2 is 2.12 bits per heavy atom. The van der Waals surface area contributed by atoms with E-state index in [4.69, 9.17) is 4.52 Å². The molecule has 0 radical (unpaired) electrons. The van der Waals surface area contributed by atoms with Gasteiger partial charge in [-0.15, -0.1) is 0 Å². The van der Waals surface area contributed by atoms with Gasteiger partial charge in [-0.1, -0.05) is 17.3 Å². The van der Waals surface area contributed by atoms with E-state index in [9.17, 15) is 9.18 Å². The Labute approximate surface area is 140 Å². The zero-order valence-electron chi connectivity index (χ0n) is 14.0. The molecule has 1 saturated heterocycles. The molecule has 3 rings (SSSR count). The zero-order chi connectivity index (χ0) is 17.1. The number of benzene rings is 1. The van der Waals surface area contributed by atoms with Crippen molar-refractivity contribution in [1.29, 1.82) is 0 Å². The first-order valence-electron chi connectivity index (χ1n) is 8.19. The number of hydrogen-bond acceptors (Lipinski definition) is 4. The molecule has 1 fully saturated rings. The molecule has 0 aliphatic carbocycles. The smallest absolute Gasteiger partial charge is 0.224 e. The van der Waals surface area contributed by atoms with Crippen molar-refractivity contribution in [2.24, 2.45) is 0 Å². The van der Waals surface area contributed by atoms with E-state index < -0.39 is 0 Å². The zero-order valence-corrected chi connectivity index (χ0v) is 14.0. The fourth-order valence-corrected chi connectivity index (χ4v) is 3.11. The Bertz CT molecular complexity index is 692. The van der Waals surface area contributed by atoms with E-state index >= 15 is 0 Å². The van der Waals surface area contributed by atoms with Crippen molar-refractivity contribution in [3.8, 4) is 0 Å². The highest BCUT2D eigenvalue weighted by atomic mass is 19.1. The van der Waals surface area contributed by atoms with Gasteiger partial charge in [-0.05, 0) is 38.0 Å². The molecule has 1 aromatic carbocycles. The number of carbonyl (C=O) groups excluding carboxylic acids is 1. The van der Waals surface area contributed by atoms with Crippen LogP contribution in [0.2, 0.25) is 0 Å². The van der Waals surface area contributed by atoms with Gasteiger partial charge >= 0.3 is 0 Å². The Kier molecular flexibility index (Phi) is 4.94. The highest BCUT2D eigenvalue weighted by Crippen LogP contribution is 2.18. The van der Waals surface area contributed by atoms with Crippen molar-refractivity contribution in [1.82, 2.24) is 15.4 Å². The number of rotatable bonds is 5. The fourth-order valence-electron chi connectivity index (χ4n) is 3.11. The standard InChI is InChI=1S/C18H22FN3O2/c1-12-17(13(2)24-21-12)11-22-8-7-16(10-22)20-18(23)9-14-3-5-15(19)6-4-14/h3-6,16H,7-11H2,1-2H3,(H,20,23). The topological polar surface area (TPSA) is 58.4 Å². The first-order valence-corrected chi connectivity index (χ1v) is 8.19. The molecule has 24 heavy (non-hydrogen) atoms. The van der Waals surface area contributed by atoms with Crippen LogP contribution in [0.4, 0.5) is 4.39 Å². The summed E-state index contributed by atoms with van der Waals surface area (Å²) in [7, 11) is 0. The van der Waals surface area contributed by atoms with Gasteiger partial charge in [0, 0.05) is 31.2 Å². The lowest BCUT2D eigenvalue weighted by Crippen LogP contribution is -2.37. The van der Waals surface area contributed by atoms with Crippen LogP contribution in [0.15, 0.2) is 28.8 Å². The number of amides is 1. The number of halogens is 1. The van der Waals surface area contributed by atoms with E-state index in [1.807, 2.05) is 13.8 Å². The van der Waals surface area contributed by atoms with Crippen molar-refractivity contribution in [2.45, 2.75) is 39.3 Å². The van der Waals surface area contributed by atoms with Gasteiger partial charge in [0.25, 0.3) is 0 Å². The Morgan fingerprint density at radius 3 is 2.79 bits per heavy atom. The third-order valence-electron chi connectivity index (χ3n) is 4.48. The van der Waals surface area contributed by atoms with Crippen LogP contribution in [0.25, 0.3) is 0 Å². The Morgan fingerprint density at radius 1 is 1.38 bits per heavy atom. The van der Waals surface area contributed by atoms with Crippen LogP contribution in [0, 0.1) is 19.7 Å². The van der Waals surface area contributed by atoms with Gasteiger partial charge in [0.1, 0.15) is 11.6 Å². The highest BCUT2D eigenvalue weighted by Gasteiger charge is 2.25. The first-order chi connectivity index (χ1) is 11.5. The van der Waals surface area contributed by atoms with Gasteiger partial charge in [0.2, 0.25) is 5.91 Å². The van der Waals surface area contributed by atoms with E-state index in [2.05, 4.69) is 15.4 Å². The minimum atomic E-state index is -0.287.